The first-order chi connectivity index (χ1) is 13.5. The molecule has 140 valence electrons. The van der Waals surface area contributed by atoms with Gasteiger partial charge in [0.25, 0.3) is 0 Å². The molecule has 0 saturated carbocycles. The van der Waals surface area contributed by atoms with Gasteiger partial charge in [-0.2, -0.15) is 5.10 Å². The second-order valence-electron chi connectivity index (χ2n) is 6.92. The van der Waals surface area contributed by atoms with Gasteiger partial charge in [-0.1, -0.05) is 80.4 Å². The van der Waals surface area contributed by atoms with Gasteiger partial charge in [0.2, 0.25) is 0 Å². The van der Waals surface area contributed by atoms with Crippen LogP contribution in [0.4, 0.5) is 0 Å². The summed E-state index contributed by atoms with van der Waals surface area (Å²) in [6, 6.07) is 25.3. The lowest BCUT2D eigenvalue weighted by atomic mass is 10.0. The molecule has 2 nitrogen and oxygen atoms in total. The van der Waals surface area contributed by atoms with Crippen molar-refractivity contribution in [2.24, 2.45) is 0 Å². The maximum Gasteiger partial charge on any atom is 0.0959 e. The summed E-state index contributed by atoms with van der Waals surface area (Å²) in [5.41, 5.74) is 8.24. The van der Waals surface area contributed by atoms with Crippen molar-refractivity contribution in [2.75, 3.05) is 0 Å². The topological polar surface area (TPSA) is 17.8 Å². The van der Waals surface area contributed by atoms with Gasteiger partial charge in [-0.15, -0.1) is 0 Å². The molecular weight excluding hydrogens is 476 g/mol. The third-order valence-corrected chi connectivity index (χ3v) is 6.06. The number of hydrogen-bond acceptors (Lipinski definition) is 1. The third kappa shape index (κ3) is 3.85. The second kappa shape index (κ2) is 8.06. The van der Waals surface area contributed by atoms with E-state index in [0.717, 1.165) is 32.4 Å². The van der Waals surface area contributed by atoms with E-state index in [-0.39, 0.29) is 0 Å². The molecule has 0 radical (unpaired) electrons. The van der Waals surface area contributed by atoms with E-state index in [1.807, 2.05) is 0 Å². The van der Waals surface area contributed by atoms with Crippen LogP contribution in [0.1, 0.15) is 16.7 Å². The molecule has 0 fully saturated rings. The molecule has 0 unspecified atom stereocenters. The number of halogens is 2. The van der Waals surface area contributed by atoms with Crippen LogP contribution in [0.15, 0.2) is 81.7 Å². The Kier molecular flexibility index (Phi) is 5.51. The number of hydrogen-bond donors (Lipinski definition) is 0. The molecule has 0 aliphatic rings. The van der Waals surface area contributed by atoms with Gasteiger partial charge in [0, 0.05) is 25.6 Å². The zero-order chi connectivity index (χ0) is 19.7. The highest BCUT2D eigenvalue weighted by atomic mass is 79.9. The Hall–Kier alpha value is -2.17. The Morgan fingerprint density at radius 2 is 1.32 bits per heavy atom. The molecular formula is C24H20Br2N2. The first-order valence-electron chi connectivity index (χ1n) is 9.17. The predicted molar refractivity (Wildman–Crippen MR) is 124 cm³/mol. The van der Waals surface area contributed by atoms with Crippen LogP contribution in [0, 0.1) is 13.8 Å². The molecule has 28 heavy (non-hydrogen) atoms. The monoisotopic (exact) mass is 494 g/mol. The Balaban J connectivity index is 1.87. The highest BCUT2D eigenvalue weighted by Crippen LogP contribution is 2.33. The SMILES string of the molecule is Cc1ccccc1Cn1nc(-c2ccc(Br)cc2)c(C)c1-c1ccc(Br)cc1. The molecule has 0 amide bonds. The molecule has 0 saturated heterocycles. The quantitative estimate of drug-likeness (QED) is 0.288. The average Bonchev–Trinajstić information content (AvgIpc) is 3.01. The van der Waals surface area contributed by atoms with E-state index in [4.69, 9.17) is 5.10 Å². The Morgan fingerprint density at radius 1 is 0.750 bits per heavy atom. The fourth-order valence-corrected chi connectivity index (χ4v) is 4.00. The number of nitrogens with zero attached hydrogens (tertiary/aromatic N) is 2. The Labute approximate surface area is 182 Å². The fraction of sp³-hybridized carbons (Fsp3) is 0.125. The van der Waals surface area contributed by atoms with Crippen LogP contribution >= 0.6 is 31.9 Å². The smallest absolute Gasteiger partial charge is 0.0959 e. The molecule has 4 rings (SSSR count). The van der Waals surface area contributed by atoms with Gasteiger partial charge in [0.05, 0.1) is 17.9 Å². The van der Waals surface area contributed by atoms with Gasteiger partial charge >= 0.3 is 0 Å². The van der Waals surface area contributed by atoms with Crippen molar-refractivity contribution >= 4 is 31.9 Å². The Morgan fingerprint density at radius 3 is 1.93 bits per heavy atom. The van der Waals surface area contributed by atoms with Crippen LogP contribution in [0.25, 0.3) is 22.5 Å². The lowest BCUT2D eigenvalue weighted by Gasteiger charge is -2.11. The maximum atomic E-state index is 5.03. The van der Waals surface area contributed by atoms with E-state index in [0.29, 0.717) is 0 Å². The summed E-state index contributed by atoms with van der Waals surface area (Å²) >= 11 is 7.06. The number of rotatable bonds is 4. The zero-order valence-electron chi connectivity index (χ0n) is 15.8. The van der Waals surface area contributed by atoms with E-state index >= 15 is 0 Å². The van der Waals surface area contributed by atoms with E-state index < -0.39 is 0 Å². The fourth-order valence-electron chi connectivity index (χ4n) is 3.47. The molecule has 0 atom stereocenters. The summed E-state index contributed by atoms with van der Waals surface area (Å²) in [7, 11) is 0. The molecule has 1 aromatic heterocycles. The third-order valence-electron chi connectivity index (χ3n) is 5.01. The van der Waals surface area contributed by atoms with Gasteiger partial charge in [-0.25, -0.2) is 0 Å². The molecule has 0 aliphatic heterocycles. The van der Waals surface area contributed by atoms with Gasteiger partial charge in [0.1, 0.15) is 0 Å². The van der Waals surface area contributed by atoms with Crippen molar-refractivity contribution in [3.05, 3.63) is 98.4 Å². The number of aromatic nitrogens is 2. The van der Waals surface area contributed by atoms with Crippen molar-refractivity contribution < 1.29 is 0 Å². The van der Waals surface area contributed by atoms with E-state index in [1.165, 1.54) is 22.3 Å². The Bertz CT molecular complexity index is 1110. The van der Waals surface area contributed by atoms with Crippen LogP contribution < -0.4 is 0 Å². The summed E-state index contributed by atoms with van der Waals surface area (Å²) < 4.78 is 4.28. The average molecular weight is 496 g/mol. The van der Waals surface area contributed by atoms with Gasteiger partial charge < -0.3 is 0 Å². The van der Waals surface area contributed by atoms with Crippen molar-refractivity contribution in [1.29, 1.82) is 0 Å². The van der Waals surface area contributed by atoms with Crippen LogP contribution in [-0.4, -0.2) is 9.78 Å². The molecule has 3 aromatic carbocycles. The number of benzene rings is 3. The highest BCUT2D eigenvalue weighted by molar-refractivity contribution is 9.10. The predicted octanol–water partition coefficient (Wildman–Crippen LogP) is 7.41. The van der Waals surface area contributed by atoms with Crippen molar-refractivity contribution in [3.63, 3.8) is 0 Å². The lowest BCUT2D eigenvalue weighted by molar-refractivity contribution is 0.693. The van der Waals surface area contributed by atoms with E-state index in [1.54, 1.807) is 0 Å². The van der Waals surface area contributed by atoms with Crippen molar-refractivity contribution in [2.45, 2.75) is 20.4 Å². The van der Waals surface area contributed by atoms with E-state index in [9.17, 15) is 0 Å². The second-order valence-corrected chi connectivity index (χ2v) is 8.75. The van der Waals surface area contributed by atoms with Gasteiger partial charge in [-0.05, 0) is 49.2 Å². The van der Waals surface area contributed by atoms with Crippen LogP contribution in [0.2, 0.25) is 0 Å². The molecule has 4 heteroatoms. The van der Waals surface area contributed by atoms with Crippen LogP contribution in [0.3, 0.4) is 0 Å². The molecule has 0 spiro atoms. The molecule has 0 bridgehead atoms. The summed E-state index contributed by atoms with van der Waals surface area (Å²) in [6.45, 7) is 5.06. The normalized spacial score (nSPS) is 11.0. The lowest BCUT2D eigenvalue weighted by Crippen LogP contribution is -2.05. The minimum Gasteiger partial charge on any atom is -0.260 e. The van der Waals surface area contributed by atoms with Crippen LogP contribution in [0.5, 0.6) is 0 Å². The van der Waals surface area contributed by atoms with Gasteiger partial charge in [-0.3, -0.25) is 4.68 Å². The van der Waals surface area contributed by atoms with Gasteiger partial charge in [0.15, 0.2) is 0 Å². The van der Waals surface area contributed by atoms with Crippen molar-refractivity contribution in [3.8, 4) is 22.5 Å². The largest absolute Gasteiger partial charge is 0.260 e. The first kappa shape index (κ1) is 19.2. The summed E-state index contributed by atoms with van der Waals surface area (Å²) in [5.74, 6) is 0. The van der Waals surface area contributed by atoms with Crippen LogP contribution in [-0.2, 0) is 6.54 Å². The highest BCUT2D eigenvalue weighted by Gasteiger charge is 2.18. The minimum absolute atomic E-state index is 0.745. The first-order valence-corrected chi connectivity index (χ1v) is 10.8. The maximum absolute atomic E-state index is 5.03. The summed E-state index contributed by atoms with van der Waals surface area (Å²) in [5, 5.41) is 5.03. The molecule has 0 aliphatic carbocycles. The molecule has 4 aromatic rings. The minimum atomic E-state index is 0.745. The summed E-state index contributed by atoms with van der Waals surface area (Å²) in [4.78, 5) is 0. The van der Waals surface area contributed by atoms with Crippen molar-refractivity contribution in [1.82, 2.24) is 9.78 Å². The van der Waals surface area contributed by atoms with E-state index in [2.05, 4.69) is 123 Å². The molecule has 0 N–H and O–H groups in total. The number of aryl methyl sites for hydroxylation is 1. The standard InChI is InChI=1S/C24H20Br2N2/c1-16-5-3-4-6-20(16)15-28-24(19-9-13-22(26)14-10-19)17(2)23(27-28)18-7-11-21(25)12-8-18/h3-14H,15H2,1-2H3. The zero-order valence-corrected chi connectivity index (χ0v) is 19.0. The summed E-state index contributed by atoms with van der Waals surface area (Å²) in [6.07, 6.45) is 0. The molecule has 1 heterocycles.